The summed E-state index contributed by atoms with van der Waals surface area (Å²) in [4.78, 5) is 31.6. The summed E-state index contributed by atoms with van der Waals surface area (Å²) in [7, 11) is -4.37. The third kappa shape index (κ3) is 8.30. The Balaban J connectivity index is 1.33. The molecule has 0 aromatic carbocycles. The van der Waals surface area contributed by atoms with E-state index in [-0.39, 0.29) is 34.9 Å². The Hall–Kier alpha value is -3.40. The molecule has 1 aliphatic carbocycles. The highest BCUT2D eigenvalue weighted by molar-refractivity contribution is 7.47. The highest BCUT2D eigenvalue weighted by Gasteiger charge is 2.32. The number of carbonyl (C=O) groups is 1. The summed E-state index contributed by atoms with van der Waals surface area (Å²) < 4.78 is 60.3. The highest BCUT2D eigenvalue weighted by atomic mass is 32.1. The number of carbonyl (C=O) groups excluding carboxylic acids is 1. The molecule has 4 aromatic rings. The van der Waals surface area contributed by atoms with Gasteiger partial charge in [0.05, 0.1) is 29.6 Å². The summed E-state index contributed by atoms with van der Waals surface area (Å²) >= 11 is 1.18. The summed E-state index contributed by atoms with van der Waals surface area (Å²) in [6, 6.07) is 1.86. The molecule has 4 aromatic heterocycles. The van der Waals surface area contributed by atoms with E-state index in [1.54, 1.807) is 43.2 Å². The number of phosphoric acid groups is 1. The second-order valence-corrected chi connectivity index (χ2v) is 14.0. The van der Waals surface area contributed by atoms with Crippen LogP contribution in [0.4, 0.5) is 14.5 Å². The Morgan fingerprint density at radius 1 is 1.17 bits per heavy atom. The Labute approximate surface area is 268 Å². The van der Waals surface area contributed by atoms with Gasteiger partial charge in [0.1, 0.15) is 22.1 Å². The van der Waals surface area contributed by atoms with Crippen LogP contribution in [0.25, 0.3) is 22.0 Å². The number of amides is 1. The molecule has 1 aliphatic rings. The average Bonchev–Trinajstić information content (AvgIpc) is 3.73. The van der Waals surface area contributed by atoms with Crippen molar-refractivity contribution in [1.82, 2.24) is 29.5 Å². The first-order valence-corrected chi connectivity index (χ1v) is 17.2. The minimum absolute atomic E-state index is 0.000360. The smallest absolute Gasteiger partial charge is 0.379 e. The Kier molecular flexibility index (Phi) is 10.2. The molecular weight excluding hydrogens is 643 g/mol. The van der Waals surface area contributed by atoms with Crippen LogP contribution < -0.4 is 5.32 Å². The van der Waals surface area contributed by atoms with Crippen LogP contribution >= 0.6 is 19.2 Å². The molecule has 2 N–H and O–H groups in total. The molecule has 13 nitrogen and oxygen atoms in total. The van der Waals surface area contributed by atoms with Gasteiger partial charge >= 0.3 is 7.82 Å². The van der Waals surface area contributed by atoms with Crippen LogP contribution in [0.15, 0.2) is 36.1 Å². The van der Waals surface area contributed by atoms with Crippen LogP contribution in [0, 0.1) is 11.8 Å². The normalized spacial score (nSPS) is 19.1. The maximum atomic E-state index is 14.8. The van der Waals surface area contributed by atoms with Gasteiger partial charge in [-0.2, -0.15) is 14.6 Å². The van der Waals surface area contributed by atoms with E-state index in [2.05, 4.69) is 25.5 Å². The summed E-state index contributed by atoms with van der Waals surface area (Å²) in [5, 5.41) is 13.5. The van der Waals surface area contributed by atoms with Gasteiger partial charge in [-0.05, 0) is 72.4 Å². The van der Waals surface area contributed by atoms with E-state index >= 15 is 0 Å². The maximum absolute atomic E-state index is 14.8. The van der Waals surface area contributed by atoms with Gasteiger partial charge in [-0.1, -0.05) is 0 Å². The minimum Gasteiger partial charge on any atom is -0.379 e. The van der Waals surface area contributed by atoms with E-state index in [0.717, 1.165) is 37.8 Å². The van der Waals surface area contributed by atoms with Crippen LogP contribution in [0.1, 0.15) is 83.1 Å². The molecule has 1 amide bonds. The predicted octanol–water partition coefficient (Wildman–Crippen LogP) is 6.77. The molecule has 0 spiro atoms. The molecule has 0 aliphatic heterocycles. The number of thiazole rings is 1. The lowest BCUT2D eigenvalue weighted by atomic mass is 9.93. The monoisotopic (exact) mass is 679 g/mol. The number of rotatable bonds is 11. The zero-order chi connectivity index (χ0) is 33.2. The zero-order valence-electron chi connectivity index (χ0n) is 26.0. The molecular formula is C29H36F2N7O6PS. The number of anilines is 1. The van der Waals surface area contributed by atoms with Crippen molar-refractivity contribution < 1.29 is 36.8 Å². The second kappa shape index (κ2) is 13.8. The van der Waals surface area contributed by atoms with Crippen molar-refractivity contribution in [3.63, 3.8) is 0 Å². The Morgan fingerprint density at radius 2 is 1.91 bits per heavy atom. The second-order valence-electron chi connectivity index (χ2n) is 11.8. The first-order chi connectivity index (χ1) is 21.7. The first kappa shape index (κ1) is 33.9. The number of ether oxygens (including phenoxy) is 1. The molecule has 46 heavy (non-hydrogen) atoms. The number of aromatic nitrogens is 6. The Bertz CT molecular complexity index is 1730. The maximum Gasteiger partial charge on any atom is 0.474 e. The van der Waals surface area contributed by atoms with Crippen LogP contribution in [0.2, 0.25) is 0 Å². The van der Waals surface area contributed by atoms with Gasteiger partial charge in [-0.3, -0.25) is 18.5 Å². The zero-order valence-corrected chi connectivity index (χ0v) is 27.7. The number of pyridine rings is 1. The molecule has 0 saturated heterocycles. The third-order valence-corrected chi connectivity index (χ3v) is 9.31. The molecule has 4 heterocycles. The van der Waals surface area contributed by atoms with Crippen molar-refractivity contribution in [2.24, 2.45) is 0 Å². The van der Waals surface area contributed by atoms with Gasteiger partial charge < -0.3 is 14.9 Å². The van der Waals surface area contributed by atoms with Gasteiger partial charge in [0.2, 0.25) is 5.95 Å². The third-order valence-electron chi connectivity index (χ3n) is 7.07. The molecule has 248 valence electrons. The standard InChI is InChI=1S/C29H36F2N7O6PS/c1-6-42-20-9-7-19(8-10-20)38-15-22(26(36-38)25-21(30)11-12-24(31)35-25)33-27(39)23-16-46-28(34-23)18-13-32-37(14-18)17(2)43-45(40,41)44-29(3,4)5/h11-17,19-20H,6-10H2,1-5H3,(H,33,39)(H,40,41)/t17?,19-,20-. The molecule has 17 heteroatoms. The van der Waals surface area contributed by atoms with E-state index < -0.39 is 37.3 Å². The van der Waals surface area contributed by atoms with Crippen molar-refractivity contribution in [2.45, 2.75) is 84.3 Å². The van der Waals surface area contributed by atoms with Crippen LogP contribution in [0.3, 0.4) is 0 Å². The summed E-state index contributed by atoms with van der Waals surface area (Å²) in [6.45, 7) is 9.01. The number of hydrogen-bond acceptors (Lipinski definition) is 10. The van der Waals surface area contributed by atoms with Crippen LogP contribution in [-0.2, 0) is 18.3 Å². The number of hydrogen-bond donors (Lipinski definition) is 2. The number of halogens is 2. The van der Waals surface area contributed by atoms with Crippen molar-refractivity contribution >= 4 is 30.8 Å². The van der Waals surface area contributed by atoms with Crippen molar-refractivity contribution in [2.75, 3.05) is 11.9 Å². The van der Waals surface area contributed by atoms with Gasteiger partial charge in [0, 0.05) is 29.9 Å². The van der Waals surface area contributed by atoms with Gasteiger partial charge in [0.15, 0.2) is 12.0 Å². The molecule has 1 saturated carbocycles. The number of nitrogens with one attached hydrogen (secondary N) is 1. The van der Waals surface area contributed by atoms with Crippen molar-refractivity contribution in [3.8, 4) is 22.0 Å². The number of phosphoric ester groups is 1. The summed E-state index contributed by atoms with van der Waals surface area (Å²) in [5.41, 5.74) is -0.458. The fourth-order valence-electron chi connectivity index (χ4n) is 5.09. The molecule has 0 radical (unpaired) electrons. The van der Waals surface area contributed by atoms with E-state index in [4.69, 9.17) is 13.8 Å². The minimum atomic E-state index is -4.37. The van der Waals surface area contributed by atoms with E-state index in [1.165, 1.54) is 29.1 Å². The lowest BCUT2D eigenvalue weighted by Gasteiger charge is -2.28. The predicted molar refractivity (Wildman–Crippen MR) is 166 cm³/mol. The summed E-state index contributed by atoms with van der Waals surface area (Å²) in [6.07, 6.45) is 7.05. The van der Waals surface area contributed by atoms with E-state index in [9.17, 15) is 23.0 Å². The van der Waals surface area contributed by atoms with E-state index in [1.807, 2.05) is 6.92 Å². The van der Waals surface area contributed by atoms with Gasteiger partial charge in [-0.25, -0.2) is 23.6 Å². The molecule has 1 fully saturated rings. The average molecular weight is 680 g/mol. The van der Waals surface area contributed by atoms with Gasteiger partial charge in [0.25, 0.3) is 5.91 Å². The topological polar surface area (TPSA) is 156 Å². The highest BCUT2D eigenvalue weighted by Crippen LogP contribution is 2.50. The molecule has 2 unspecified atom stereocenters. The van der Waals surface area contributed by atoms with Crippen molar-refractivity contribution in [3.05, 3.63) is 53.6 Å². The fraction of sp³-hybridized carbons (Fsp3) is 0.483. The summed E-state index contributed by atoms with van der Waals surface area (Å²) in [5.74, 6) is -2.26. The van der Waals surface area contributed by atoms with Gasteiger partial charge in [-0.15, -0.1) is 11.3 Å². The SMILES string of the molecule is CCO[C@H]1CC[C@H](n2cc(NC(=O)c3csc(-c4cnn(C(C)OP(=O)(O)OC(C)(C)C)c4)n3)c(-c3nc(F)ccc3F)n2)CC1. The molecule has 2 atom stereocenters. The van der Waals surface area contributed by atoms with E-state index in [0.29, 0.717) is 17.2 Å². The van der Waals surface area contributed by atoms with Crippen LogP contribution in [0.5, 0.6) is 0 Å². The van der Waals surface area contributed by atoms with Crippen molar-refractivity contribution in [1.29, 1.82) is 0 Å². The lowest BCUT2D eigenvalue weighted by Crippen LogP contribution is -2.24. The molecule has 5 rings (SSSR count). The molecule has 0 bridgehead atoms. The Morgan fingerprint density at radius 3 is 2.61 bits per heavy atom. The quantitative estimate of drug-likeness (QED) is 0.128. The fourth-order valence-corrected chi connectivity index (χ4v) is 7.09. The van der Waals surface area contributed by atoms with Crippen LogP contribution in [-0.4, -0.2) is 58.6 Å². The lowest BCUT2D eigenvalue weighted by molar-refractivity contribution is 0.0231. The number of nitrogens with zero attached hydrogens (tertiary/aromatic N) is 6. The largest absolute Gasteiger partial charge is 0.474 e. The first-order valence-electron chi connectivity index (χ1n) is 14.8.